The summed E-state index contributed by atoms with van der Waals surface area (Å²) in [4.78, 5) is 53.9. The summed E-state index contributed by atoms with van der Waals surface area (Å²) >= 11 is 0. The van der Waals surface area contributed by atoms with E-state index in [2.05, 4.69) is 5.32 Å². The molecule has 3 amide bonds. The van der Waals surface area contributed by atoms with Crippen molar-refractivity contribution in [3.63, 3.8) is 0 Å². The summed E-state index contributed by atoms with van der Waals surface area (Å²) in [7, 11) is 0. The third-order valence-electron chi connectivity index (χ3n) is 5.47. The number of amides is 3. The van der Waals surface area contributed by atoms with Gasteiger partial charge in [-0.2, -0.15) is 13.2 Å². The Labute approximate surface area is 213 Å². The molecule has 0 aliphatic rings. The molecule has 0 fully saturated rings. The van der Waals surface area contributed by atoms with E-state index in [9.17, 15) is 32.3 Å². The molecule has 0 aromatic heterocycles. The maximum atomic E-state index is 13.0. The zero-order valence-corrected chi connectivity index (χ0v) is 20.6. The van der Waals surface area contributed by atoms with Gasteiger partial charge in [-0.15, -0.1) is 0 Å². The first-order valence-corrected chi connectivity index (χ1v) is 11.8. The Hall–Kier alpha value is -3.73. The number of Topliss-reactive ketones (excluding diaryl/α,β-unsaturated/α-hetero) is 1. The molecular formula is C26H30F3N3O5. The minimum atomic E-state index is -5.03. The van der Waals surface area contributed by atoms with Crippen molar-refractivity contribution < 1.29 is 37.2 Å². The standard InChI is InChI=1S/C26H30F3N3O5/c1-3-4-10-21(15-32(17-33)37-16-19-8-6-5-7-9-19)24(35)30-18(2)23(34)20-11-13-22(14-12-20)31-25(36)26(27,28)29/h5-9,11-14,17-18,21H,3-4,10,15-16H2,1-2H3,(H,30,35)(H,31,36)/t18?,21-/m1/s1. The predicted octanol–water partition coefficient (Wildman–Crippen LogP) is 4.27. The number of halogens is 3. The van der Waals surface area contributed by atoms with Crippen LogP contribution in [0.5, 0.6) is 0 Å². The lowest BCUT2D eigenvalue weighted by Gasteiger charge is -2.24. The van der Waals surface area contributed by atoms with Crippen LogP contribution in [0.25, 0.3) is 0 Å². The molecule has 0 aliphatic carbocycles. The van der Waals surface area contributed by atoms with Crippen LogP contribution in [0.4, 0.5) is 18.9 Å². The van der Waals surface area contributed by atoms with Gasteiger partial charge in [0.05, 0.1) is 18.5 Å². The highest BCUT2D eigenvalue weighted by molar-refractivity contribution is 6.02. The monoisotopic (exact) mass is 521 g/mol. The summed E-state index contributed by atoms with van der Waals surface area (Å²) < 4.78 is 37.2. The fourth-order valence-corrected chi connectivity index (χ4v) is 3.40. The van der Waals surface area contributed by atoms with E-state index in [1.807, 2.05) is 37.3 Å². The number of benzene rings is 2. The van der Waals surface area contributed by atoms with Gasteiger partial charge in [-0.3, -0.25) is 24.0 Å². The minimum Gasteiger partial charge on any atom is -0.346 e. The fourth-order valence-electron chi connectivity index (χ4n) is 3.40. The quantitative estimate of drug-likeness (QED) is 0.220. The Balaban J connectivity index is 1.99. The minimum absolute atomic E-state index is 0.00330. The van der Waals surface area contributed by atoms with Crippen molar-refractivity contribution in [2.24, 2.45) is 5.92 Å². The van der Waals surface area contributed by atoms with Gasteiger partial charge >= 0.3 is 12.1 Å². The number of carbonyl (C=O) groups excluding carboxylic acids is 4. The van der Waals surface area contributed by atoms with Crippen LogP contribution in [0, 0.1) is 5.92 Å². The number of nitrogens with zero attached hydrogens (tertiary/aromatic N) is 1. The molecule has 0 saturated carbocycles. The second-order valence-electron chi connectivity index (χ2n) is 8.43. The Morgan fingerprint density at radius 3 is 2.27 bits per heavy atom. The summed E-state index contributed by atoms with van der Waals surface area (Å²) in [5.41, 5.74) is 0.871. The van der Waals surface area contributed by atoms with Crippen molar-refractivity contribution in [1.29, 1.82) is 0 Å². The summed E-state index contributed by atoms with van der Waals surface area (Å²) in [5.74, 6) is -3.65. The lowest BCUT2D eigenvalue weighted by Crippen LogP contribution is -2.45. The van der Waals surface area contributed by atoms with Crippen molar-refractivity contribution in [2.45, 2.75) is 51.9 Å². The van der Waals surface area contributed by atoms with Crippen LogP contribution in [0.1, 0.15) is 49.0 Å². The van der Waals surface area contributed by atoms with E-state index in [1.54, 1.807) is 5.32 Å². The van der Waals surface area contributed by atoms with Crippen molar-refractivity contribution >= 4 is 29.7 Å². The number of unbranched alkanes of at least 4 members (excludes halogenated alkanes) is 1. The molecule has 0 radical (unpaired) electrons. The van der Waals surface area contributed by atoms with Gasteiger partial charge in [0.25, 0.3) is 0 Å². The highest BCUT2D eigenvalue weighted by atomic mass is 19.4. The molecule has 0 aliphatic heterocycles. The molecule has 11 heteroatoms. The first-order valence-electron chi connectivity index (χ1n) is 11.8. The molecule has 1 unspecified atom stereocenters. The number of hydrogen-bond donors (Lipinski definition) is 2. The zero-order valence-electron chi connectivity index (χ0n) is 20.6. The van der Waals surface area contributed by atoms with Crippen molar-refractivity contribution in [3.05, 3.63) is 65.7 Å². The Morgan fingerprint density at radius 1 is 1.05 bits per heavy atom. The molecule has 37 heavy (non-hydrogen) atoms. The second kappa shape index (κ2) is 14.1. The van der Waals surface area contributed by atoms with Crippen LogP contribution in [0.15, 0.2) is 54.6 Å². The highest BCUT2D eigenvalue weighted by Crippen LogP contribution is 2.19. The van der Waals surface area contributed by atoms with Crippen LogP contribution in [-0.2, 0) is 25.8 Å². The second-order valence-corrected chi connectivity index (χ2v) is 8.43. The third-order valence-corrected chi connectivity index (χ3v) is 5.47. The molecule has 200 valence electrons. The number of rotatable bonds is 14. The van der Waals surface area contributed by atoms with Gasteiger partial charge in [-0.05, 0) is 43.2 Å². The van der Waals surface area contributed by atoms with Gasteiger partial charge in [0.1, 0.15) is 6.61 Å². The maximum absolute atomic E-state index is 13.0. The molecule has 0 heterocycles. The Morgan fingerprint density at radius 2 is 1.70 bits per heavy atom. The van der Waals surface area contributed by atoms with Crippen LogP contribution in [0.2, 0.25) is 0 Å². The maximum Gasteiger partial charge on any atom is 0.471 e. The van der Waals surface area contributed by atoms with Gasteiger partial charge in [0, 0.05) is 11.3 Å². The predicted molar refractivity (Wildman–Crippen MR) is 130 cm³/mol. The average molecular weight is 522 g/mol. The number of ketones is 1. The SMILES string of the molecule is CCCC[C@H](CN(C=O)OCc1ccccc1)C(=O)NC(C)C(=O)c1ccc(NC(=O)C(F)(F)F)cc1. The van der Waals surface area contributed by atoms with Crippen LogP contribution in [0.3, 0.4) is 0 Å². The molecule has 2 atom stereocenters. The first kappa shape index (κ1) is 29.5. The molecule has 2 N–H and O–H groups in total. The van der Waals surface area contributed by atoms with E-state index in [4.69, 9.17) is 4.84 Å². The van der Waals surface area contributed by atoms with Gasteiger partial charge < -0.3 is 10.6 Å². The van der Waals surface area contributed by atoms with Gasteiger partial charge in [-0.1, -0.05) is 50.1 Å². The average Bonchev–Trinajstić information content (AvgIpc) is 2.88. The van der Waals surface area contributed by atoms with Crippen molar-refractivity contribution in [3.8, 4) is 0 Å². The highest BCUT2D eigenvalue weighted by Gasteiger charge is 2.38. The molecule has 2 rings (SSSR count). The molecule has 2 aromatic carbocycles. The lowest BCUT2D eigenvalue weighted by atomic mass is 9.99. The molecule has 0 saturated heterocycles. The summed E-state index contributed by atoms with van der Waals surface area (Å²) in [6, 6.07) is 13.1. The van der Waals surface area contributed by atoms with Crippen molar-refractivity contribution in [2.75, 3.05) is 11.9 Å². The number of alkyl halides is 3. The van der Waals surface area contributed by atoms with Crippen LogP contribution >= 0.6 is 0 Å². The van der Waals surface area contributed by atoms with E-state index in [-0.39, 0.29) is 24.4 Å². The normalized spacial score (nSPS) is 12.8. The van der Waals surface area contributed by atoms with E-state index in [0.717, 1.165) is 23.5 Å². The van der Waals surface area contributed by atoms with Crippen LogP contribution < -0.4 is 10.6 Å². The zero-order chi connectivity index (χ0) is 27.4. The molecule has 0 spiro atoms. The van der Waals surface area contributed by atoms with Crippen LogP contribution in [-0.4, -0.2) is 47.8 Å². The first-order chi connectivity index (χ1) is 17.5. The van der Waals surface area contributed by atoms with E-state index in [0.29, 0.717) is 12.8 Å². The topological polar surface area (TPSA) is 105 Å². The molecule has 8 nitrogen and oxygen atoms in total. The lowest BCUT2D eigenvalue weighted by molar-refractivity contribution is -0.182. The smallest absolute Gasteiger partial charge is 0.346 e. The number of hydrogen-bond acceptors (Lipinski definition) is 5. The number of nitrogens with one attached hydrogen (secondary N) is 2. The van der Waals surface area contributed by atoms with Gasteiger partial charge in [0.2, 0.25) is 12.3 Å². The van der Waals surface area contributed by atoms with E-state index >= 15 is 0 Å². The summed E-state index contributed by atoms with van der Waals surface area (Å²) in [5, 5.41) is 5.41. The summed E-state index contributed by atoms with van der Waals surface area (Å²) in [6.07, 6.45) is -2.52. The Bertz CT molecular complexity index is 1050. The number of anilines is 1. The fraction of sp³-hybridized carbons (Fsp3) is 0.385. The van der Waals surface area contributed by atoms with E-state index < -0.39 is 35.7 Å². The molecular weight excluding hydrogens is 491 g/mol. The number of hydroxylamine groups is 2. The number of carbonyl (C=O) groups is 4. The van der Waals surface area contributed by atoms with Gasteiger partial charge in [0.15, 0.2) is 5.78 Å². The summed E-state index contributed by atoms with van der Waals surface area (Å²) in [6.45, 7) is 3.60. The Kier molecular flexibility index (Phi) is 11.3. The van der Waals surface area contributed by atoms with E-state index in [1.165, 1.54) is 31.2 Å². The molecule has 2 aromatic rings. The molecule has 0 bridgehead atoms. The van der Waals surface area contributed by atoms with Gasteiger partial charge in [-0.25, -0.2) is 5.06 Å². The largest absolute Gasteiger partial charge is 0.471 e. The third kappa shape index (κ3) is 9.68. The van der Waals surface area contributed by atoms with Crippen molar-refractivity contribution in [1.82, 2.24) is 10.4 Å².